The second-order valence-corrected chi connectivity index (χ2v) is 5.30. The molecule has 0 fully saturated rings. The van der Waals surface area contributed by atoms with Crippen molar-refractivity contribution < 1.29 is 4.39 Å². The van der Waals surface area contributed by atoms with E-state index in [0.29, 0.717) is 16.3 Å². The Balaban J connectivity index is 2.13. The smallest absolute Gasteiger partial charge is 0.124 e. The molecule has 1 aromatic carbocycles. The molecule has 0 saturated heterocycles. The average Bonchev–Trinajstić information content (AvgIpc) is 2.44. The summed E-state index contributed by atoms with van der Waals surface area (Å²) in [5.41, 5.74) is 6.76. The fourth-order valence-corrected chi connectivity index (χ4v) is 2.68. The summed E-state index contributed by atoms with van der Waals surface area (Å²) in [6.07, 6.45) is 1.68. The summed E-state index contributed by atoms with van der Waals surface area (Å²) in [6, 6.07) is 8.27. The Bertz CT molecular complexity index is 664. The van der Waals surface area contributed by atoms with Crippen LogP contribution in [0.2, 0.25) is 5.02 Å². The zero-order valence-corrected chi connectivity index (χ0v) is 12.1. The van der Waals surface area contributed by atoms with Crippen molar-refractivity contribution in [3.05, 3.63) is 58.5 Å². The first-order chi connectivity index (χ1) is 9.69. The highest BCUT2D eigenvalue weighted by atomic mass is 35.5. The van der Waals surface area contributed by atoms with Crippen LogP contribution in [0, 0.1) is 17.7 Å². The fraction of sp³-hybridized carbons (Fsp3) is 0.133. The summed E-state index contributed by atoms with van der Waals surface area (Å²) in [6.45, 7) is 0.254. The molecule has 0 aliphatic carbocycles. The second kappa shape index (κ2) is 7.30. The van der Waals surface area contributed by atoms with Gasteiger partial charge in [0, 0.05) is 17.5 Å². The van der Waals surface area contributed by atoms with Crippen LogP contribution in [0.1, 0.15) is 11.1 Å². The van der Waals surface area contributed by atoms with E-state index >= 15 is 0 Å². The van der Waals surface area contributed by atoms with Crippen LogP contribution in [0.4, 0.5) is 4.39 Å². The number of hydrogen-bond acceptors (Lipinski definition) is 3. The molecule has 0 atom stereocenters. The maximum absolute atomic E-state index is 13.5. The van der Waals surface area contributed by atoms with Crippen LogP contribution in [0.3, 0.4) is 0 Å². The van der Waals surface area contributed by atoms with Crippen molar-refractivity contribution in [1.82, 2.24) is 4.98 Å². The van der Waals surface area contributed by atoms with Gasteiger partial charge in [-0.2, -0.15) is 0 Å². The third-order valence-electron chi connectivity index (χ3n) is 2.39. The fourth-order valence-electron chi connectivity index (χ4n) is 1.59. The van der Waals surface area contributed by atoms with Crippen molar-refractivity contribution in [2.45, 2.75) is 10.8 Å². The lowest BCUT2D eigenvalue weighted by atomic mass is 10.1. The number of nitrogens with two attached hydrogens (primary N) is 1. The van der Waals surface area contributed by atoms with Crippen LogP contribution in [0.15, 0.2) is 41.6 Å². The number of hydrogen-bond donors (Lipinski definition) is 1. The summed E-state index contributed by atoms with van der Waals surface area (Å²) in [4.78, 5) is 4.18. The summed E-state index contributed by atoms with van der Waals surface area (Å²) < 4.78 is 13.5. The zero-order valence-electron chi connectivity index (χ0n) is 10.6. The van der Waals surface area contributed by atoms with Crippen LogP contribution < -0.4 is 5.73 Å². The molecule has 0 aliphatic heterocycles. The van der Waals surface area contributed by atoms with Gasteiger partial charge in [0.15, 0.2) is 0 Å². The third-order valence-corrected chi connectivity index (χ3v) is 3.89. The van der Waals surface area contributed by atoms with Crippen LogP contribution in [0.5, 0.6) is 0 Å². The number of halogens is 2. The first kappa shape index (κ1) is 14.9. The van der Waals surface area contributed by atoms with E-state index in [2.05, 4.69) is 16.8 Å². The largest absolute Gasteiger partial charge is 0.320 e. The van der Waals surface area contributed by atoms with Crippen molar-refractivity contribution in [2.24, 2.45) is 5.73 Å². The first-order valence-corrected chi connectivity index (χ1v) is 7.27. The van der Waals surface area contributed by atoms with E-state index in [-0.39, 0.29) is 12.4 Å². The van der Waals surface area contributed by atoms with Gasteiger partial charge in [0.25, 0.3) is 0 Å². The lowest BCUT2D eigenvalue weighted by molar-refractivity contribution is 0.626. The molecule has 2 aromatic rings. The van der Waals surface area contributed by atoms with E-state index in [1.165, 1.54) is 23.9 Å². The molecule has 20 heavy (non-hydrogen) atoms. The molecule has 0 radical (unpaired) electrons. The standard InChI is InChI=1S/C15H12ClFN2S/c16-14-4-2-6-19-15(14)20-10-12-7-11(3-1-5-18)8-13(17)9-12/h2,4,6-9H,5,10,18H2. The van der Waals surface area contributed by atoms with Crippen molar-refractivity contribution in [2.75, 3.05) is 6.54 Å². The number of thioether (sulfide) groups is 1. The quantitative estimate of drug-likeness (QED) is 0.697. The van der Waals surface area contributed by atoms with E-state index in [1.54, 1.807) is 18.3 Å². The van der Waals surface area contributed by atoms with Gasteiger partial charge in [0.05, 0.1) is 11.6 Å². The number of rotatable bonds is 3. The lowest BCUT2D eigenvalue weighted by Crippen LogP contribution is -1.93. The Morgan fingerprint density at radius 2 is 2.20 bits per heavy atom. The predicted molar refractivity (Wildman–Crippen MR) is 81.1 cm³/mol. The maximum Gasteiger partial charge on any atom is 0.124 e. The predicted octanol–water partition coefficient (Wildman–Crippen LogP) is 3.48. The van der Waals surface area contributed by atoms with E-state index in [1.807, 2.05) is 6.07 Å². The molecule has 0 amide bonds. The number of pyridine rings is 1. The zero-order chi connectivity index (χ0) is 14.4. The molecule has 1 heterocycles. The Hall–Kier alpha value is -1.54. The summed E-state index contributed by atoms with van der Waals surface area (Å²) >= 11 is 7.49. The molecule has 102 valence electrons. The maximum atomic E-state index is 13.5. The molecule has 5 heteroatoms. The van der Waals surface area contributed by atoms with Gasteiger partial charge in [0.1, 0.15) is 10.8 Å². The molecule has 0 unspecified atom stereocenters. The van der Waals surface area contributed by atoms with Gasteiger partial charge in [-0.15, -0.1) is 11.8 Å². The normalized spacial score (nSPS) is 9.95. The monoisotopic (exact) mass is 306 g/mol. The Morgan fingerprint density at radius 1 is 1.35 bits per heavy atom. The van der Waals surface area contributed by atoms with Crippen LogP contribution >= 0.6 is 23.4 Å². The number of nitrogens with zero attached hydrogens (tertiary/aromatic N) is 1. The number of aromatic nitrogens is 1. The summed E-state index contributed by atoms with van der Waals surface area (Å²) in [5, 5.41) is 1.32. The van der Waals surface area contributed by atoms with Gasteiger partial charge in [-0.05, 0) is 35.9 Å². The van der Waals surface area contributed by atoms with Crippen molar-refractivity contribution in [1.29, 1.82) is 0 Å². The minimum atomic E-state index is -0.309. The highest BCUT2D eigenvalue weighted by Crippen LogP contribution is 2.27. The molecule has 2 rings (SSSR count). The van der Waals surface area contributed by atoms with Crippen LogP contribution in [0.25, 0.3) is 0 Å². The summed E-state index contributed by atoms with van der Waals surface area (Å²) in [7, 11) is 0. The molecular weight excluding hydrogens is 295 g/mol. The Labute approximate surface area is 126 Å². The van der Waals surface area contributed by atoms with E-state index in [4.69, 9.17) is 17.3 Å². The minimum Gasteiger partial charge on any atom is -0.320 e. The lowest BCUT2D eigenvalue weighted by Gasteiger charge is -2.04. The SMILES string of the molecule is NCC#Cc1cc(F)cc(CSc2ncccc2Cl)c1. The van der Waals surface area contributed by atoms with Gasteiger partial charge in [-0.25, -0.2) is 9.37 Å². The molecule has 0 bridgehead atoms. The van der Waals surface area contributed by atoms with Crippen molar-refractivity contribution in [3.8, 4) is 11.8 Å². The molecule has 0 saturated carbocycles. The second-order valence-electron chi connectivity index (χ2n) is 3.93. The van der Waals surface area contributed by atoms with E-state index in [0.717, 1.165) is 10.6 Å². The van der Waals surface area contributed by atoms with Gasteiger partial charge in [0.2, 0.25) is 0 Å². The van der Waals surface area contributed by atoms with E-state index < -0.39 is 0 Å². The van der Waals surface area contributed by atoms with E-state index in [9.17, 15) is 4.39 Å². The third kappa shape index (κ3) is 4.24. The van der Waals surface area contributed by atoms with Crippen molar-refractivity contribution in [3.63, 3.8) is 0 Å². The van der Waals surface area contributed by atoms with Crippen LogP contribution in [-0.2, 0) is 5.75 Å². The average molecular weight is 307 g/mol. The Morgan fingerprint density at radius 3 is 2.95 bits per heavy atom. The molecule has 0 spiro atoms. The number of benzene rings is 1. The topological polar surface area (TPSA) is 38.9 Å². The van der Waals surface area contributed by atoms with Gasteiger partial charge in [-0.1, -0.05) is 23.4 Å². The summed E-state index contributed by atoms with van der Waals surface area (Å²) in [5.74, 6) is 5.81. The first-order valence-electron chi connectivity index (χ1n) is 5.91. The minimum absolute atomic E-state index is 0.254. The molecule has 1 aromatic heterocycles. The highest BCUT2D eigenvalue weighted by Gasteiger charge is 2.04. The highest BCUT2D eigenvalue weighted by molar-refractivity contribution is 7.98. The van der Waals surface area contributed by atoms with Crippen LogP contribution in [-0.4, -0.2) is 11.5 Å². The molecular formula is C15H12ClFN2S. The molecule has 2 N–H and O–H groups in total. The van der Waals surface area contributed by atoms with Gasteiger partial charge < -0.3 is 5.73 Å². The molecule has 2 nitrogen and oxygen atoms in total. The molecule has 0 aliphatic rings. The Kier molecular flexibility index (Phi) is 5.42. The van der Waals surface area contributed by atoms with Gasteiger partial charge in [-0.3, -0.25) is 0 Å². The van der Waals surface area contributed by atoms with Gasteiger partial charge >= 0.3 is 0 Å². The van der Waals surface area contributed by atoms with Crippen molar-refractivity contribution >= 4 is 23.4 Å².